The maximum absolute atomic E-state index is 3.56. The van der Waals surface area contributed by atoms with Crippen LogP contribution < -0.4 is 5.32 Å². The van der Waals surface area contributed by atoms with Crippen LogP contribution in [0.25, 0.3) is 0 Å². The Balaban J connectivity index is 2.50. The second-order valence-corrected chi connectivity index (χ2v) is 6.79. The van der Waals surface area contributed by atoms with E-state index in [1.54, 1.807) is 0 Å². The van der Waals surface area contributed by atoms with Crippen molar-refractivity contribution in [2.24, 2.45) is 10.8 Å². The Kier molecular flexibility index (Phi) is 4.64. The summed E-state index contributed by atoms with van der Waals surface area (Å²) in [6, 6.07) is 0. The number of hydrogen-bond donors (Lipinski definition) is 1. The molecule has 0 radical (unpaired) electrons. The van der Waals surface area contributed by atoms with E-state index in [2.05, 4.69) is 33.0 Å². The van der Waals surface area contributed by atoms with Crippen LogP contribution in [0.15, 0.2) is 0 Å². The Morgan fingerprint density at radius 1 is 0.667 bits per heavy atom. The second kappa shape index (κ2) is 5.34. The lowest BCUT2D eigenvalue weighted by molar-refractivity contribution is 0.216. The molecule has 0 aromatic heterocycles. The number of nitrogens with one attached hydrogen (secondary N) is 1. The van der Waals surface area contributed by atoms with Crippen LogP contribution in [0.5, 0.6) is 0 Å². The van der Waals surface area contributed by atoms with Crippen molar-refractivity contribution in [3.8, 4) is 0 Å². The van der Waals surface area contributed by atoms with Crippen LogP contribution in [0.1, 0.15) is 66.2 Å². The molecule has 1 N–H and O–H groups in total. The molecule has 0 amide bonds. The molecule has 1 aliphatic rings. The first-order valence-corrected chi connectivity index (χ1v) is 6.62. The molecule has 1 heterocycles. The summed E-state index contributed by atoms with van der Waals surface area (Å²) in [5.41, 5.74) is 1.09. The van der Waals surface area contributed by atoms with Crippen LogP contribution >= 0.6 is 0 Å². The molecular formula is C14H29N. The molecule has 0 saturated carbocycles. The minimum absolute atomic E-state index is 0.545. The third-order valence-corrected chi connectivity index (χ3v) is 3.89. The molecule has 15 heavy (non-hydrogen) atoms. The second-order valence-electron chi connectivity index (χ2n) is 6.79. The van der Waals surface area contributed by atoms with E-state index in [-0.39, 0.29) is 0 Å². The lowest BCUT2D eigenvalue weighted by atomic mass is 9.75. The van der Waals surface area contributed by atoms with Crippen molar-refractivity contribution < 1.29 is 0 Å². The van der Waals surface area contributed by atoms with Gasteiger partial charge in [-0.3, -0.25) is 0 Å². The smallest absolute Gasteiger partial charge is 0.00487 e. The Bertz CT molecular complexity index is 162. The molecule has 0 atom stereocenters. The van der Waals surface area contributed by atoms with Gasteiger partial charge in [0.15, 0.2) is 0 Å². The maximum atomic E-state index is 3.56. The molecule has 1 fully saturated rings. The summed E-state index contributed by atoms with van der Waals surface area (Å²) in [6.07, 6.45) is 8.20. The highest BCUT2D eigenvalue weighted by Crippen LogP contribution is 2.36. The van der Waals surface area contributed by atoms with Gasteiger partial charge >= 0.3 is 0 Å². The number of rotatable bonds is 0. The average molecular weight is 211 g/mol. The van der Waals surface area contributed by atoms with Gasteiger partial charge in [-0.1, -0.05) is 27.7 Å². The van der Waals surface area contributed by atoms with E-state index in [4.69, 9.17) is 0 Å². The molecule has 1 heteroatoms. The molecule has 0 spiro atoms. The normalized spacial score (nSPS) is 28.0. The van der Waals surface area contributed by atoms with Crippen LogP contribution in [-0.4, -0.2) is 13.1 Å². The van der Waals surface area contributed by atoms with Crippen LogP contribution in [-0.2, 0) is 0 Å². The van der Waals surface area contributed by atoms with Crippen molar-refractivity contribution in [2.45, 2.75) is 66.2 Å². The van der Waals surface area contributed by atoms with Gasteiger partial charge in [0.25, 0.3) is 0 Å². The molecule has 0 aliphatic carbocycles. The van der Waals surface area contributed by atoms with Gasteiger partial charge in [-0.2, -0.15) is 0 Å². The van der Waals surface area contributed by atoms with Crippen molar-refractivity contribution in [2.75, 3.05) is 13.1 Å². The molecular weight excluding hydrogens is 182 g/mol. The highest BCUT2D eigenvalue weighted by molar-refractivity contribution is 4.77. The van der Waals surface area contributed by atoms with Gasteiger partial charge in [0.05, 0.1) is 0 Å². The van der Waals surface area contributed by atoms with Crippen molar-refractivity contribution in [1.29, 1.82) is 0 Å². The fourth-order valence-electron chi connectivity index (χ4n) is 2.44. The largest absolute Gasteiger partial charge is 0.317 e. The van der Waals surface area contributed by atoms with Crippen LogP contribution in [0, 0.1) is 10.8 Å². The van der Waals surface area contributed by atoms with Gasteiger partial charge in [-0.25, -0.2) is 0 Å². The zero-order chi connectivity index (χ0) is 11.4. The van der Waals surface area contributed by atoms with E-state index in [1.165, 1.54) is 51.6 Å². The molecule has 1 aliphatic heterocycles. The average Bonchev–Trinajstić information content (AvgIpc) is 2.15. The summed E-state index contributed by atoms with van der Waals surface area (Å²) in [5, 5.41) is 3.56. The molecule has 1 saturated heterocycles. The molecule has 0 aromatic rings. The van der Waals surface area contributed by atoms with Gasteiger partial charge < -0.3 is 5.32 Å². The Morgan fingerprint density at radius 2 is 1.07 bits per heavy atom. The molecule has 0 unspecified atom stereocenters. The minimum atomic E-state index is 0.545. The Labute approximate surface area is 96.0 Å². The van der Waals surface area contributed by atoms with Gasteiger partial charge in [-0.15, -0.1) is 0 Å². The monoisotopic (exact) mass is 211 g/mol. The predicted octanol–water partition coefficient (Wildman–Crippen LogP) is 3.98. The summed E-state index contributed by atoms with van der Waals surface area (Å²) < 4.78 is 0. The number of hydrogen-bond acceptors (Lipinski definition) is 1. The van der Waals surface area contributed by atoms with Crippen molar-refractivity contribution >= 4 is 0 Å². The third-order valence-electron chi connectivity index (χ3n) is 3.89. The topological polar surface area (TPSA) is 12.0 Å². The van der Waals surface area contributed by atoms with Crippen LogP contribution in [0.3, 0.4) is 0 Å². The fraction of sp³-hybridized carbons (Fsp3) is 1.00. The lowest BCUT2D eigenvalue weighted by Gasteiger charge is -2.30. The predicted molar refractivity (Wildman–Crippen MR) is 68.1 cm³/mol. The molecule has 0 bridgehead atoms. The zero-order valence-electron chi connectivity index (χ0n) is 11.2. The summed E-state index contributed by atoms with van der Waals surface area (Å²) >= 11 is 0. The first kappa shape index (κ1) is 13.0. The molecule has 1 nitrogen and oxygen atoms in total. The van der Waals surface area contributed by atoms with Crippen molar-refractivity contribution in [1.82, 2.24) is 5.32 Å². The minimum Gasteiger partial charge on any atom is -0.317 e. The highest BCUT2D eigenvalue weighted by atomic mass is 14.8. The molecule has 0 aromatic carbocycles. The quantitative estimate of drug-likeness (QED) is 0.639. The Hall–Kier alpha value is -0.0400. The van der Waals surface area contributed by atoms with E-state index >= 15 is 0 Å². The van der Waals surface area contributed by atoms with Gasteiger partial charge in [0, 0.05) is 0 Å². The first-order valence-electron chi connectivity index (χ1n) is 6.62. The summed E-state index contributed by atoms with van der Waals surface area (Å²) in [6.45, 7) is 12.2. The van der Waals surface area contributed by atoms with E-state index in [9.17, 15) is 0 Å². The molecule has 1 rings (SSSR count). The SMILES string of the molecule is CC1(C)CCCNCCCC(C)(C)CC1. The first-order chi connectivity index (χ1) is 6.91. The Morgan fingerprint density at radius 3 is 1.47 bits per heavy atom. The van der Waals surface area contributed by atoms with E-state index in [0.717, 1.165) is 0 Å². The highest BCUT2D eigenvalue weighted by Gasteiger charge is 2.24. The van der Waals surface area contributed by atoms with Gasteiger partial charge in [-0.05, 0) is 62.4 Å². The van der Waals surface area contributed by atoms with E-state index in [1.807, 2.05) is 0 Å². The summed E-state index contributed by atoms with van der Waals surface area (Å²) in [4.78, 5) is 0. The van der Waals surface area contributed by atoms with Crippen LogP contribution in [0.4, 0.5) is 0 Å². The lowest BCUT2D eigenvalue weighted by Crippen LogP contribution is -2.19. The fourth-order valence-corrected chi connectivity index (χ4v) is 2.44. The van der Waals surface area contributed by atoms with Gasteiger partial charge in [0.1, 0.15) is 0 Å². The third kappa shape index (κ3) is 5.55. The standard InChI is InChI=1S/C14H29N/c1-13(2)7-5-11-15-12-6-8-14(3,4)10-9-13/h15H,5-12H2,1-4H3. The van der Waals surface area contributed by atoms with Crippen molar-refractivity contribution in [3.63, 3.8) is 0 Å². The van der Waals surface area contributed by atoms with Gasteiger partial charge in [0.2, 0.25) is 0 Å². The summed E-state index contributed by atoms with van der Waals surface area (Å²) in [7, 11) is 0. The molecule has 90 valence electrons. The maximum Gasteiger partial charge on any atom is -0.00487 e. The van der Waals surface area contributed by atoms with Crippen molar-refractivity contribution in [3.05, 3.63) is 0 Å². The zero-order valence-corrected chi connectivity index (χ0v) is 11.2. The van der Waals surface area contributed by atoms with Crippen LogP contribution in [0.2, 0.25) is 0 Å². The summed E-state index contributed by atoms with van der Waals surface area (Å²) in [5.74, 6) is 0. The van der Waals surface area contributed by atoms with E-state index in [0.29, 0.717) is 10.8 Å². The van der Waals surface area contributed by atoms with E-state index < -0.39 is 0 Å².